The number of aromatic amines is 1. The Morgan fingerprint density at radius 1 is 1.25 bits per heavy atom. The van der Waals surface area contributed by atoms with Crippen LogP contribution in [-0.2, 0) is 6.54 Å². The van der Waals surface area contributed by atoms with Crippen molar-refractivity contribution in [1.29, 1.82) is 0 Å². The Labute approximate surface area is 160 Å². The van der Waals surface area contributed by atoms with Crippen LogP contribution in [0.1, 0.15) is 16.1 Å². The molecule has 0 atom stereocenters. The molecule has 4 aromatic rings. The Kier molecular flexibility index (Phi) is 4.80. The summed E-state index contributed by atoms with van der Waals surface area (Å²) in [4.78, 5) is 15.5. The van der Waals surface area contributed by atoms with Crippen molar-refractivity contribution in [1.82, 2.24) is 14.8 Å². The average Bonchev–Trinajstić information content (AvgIpc) is 3.32. The SMILES string of the molecule is Cc1cc(F)cc2[nH]c(C(=O)Nc3cccc(OCCn4cccn4)c3)cc12. The minimum Gasteiger partial charge on any atom is -0.492 e. The van der Waals surface area contributed by atoms with E-state index in [0.29, 0.717) is 35.8 Å². The second kappa shape index (κ2) is 7.56. The molecule has 4 rings (SSSR count). The first-order chi connectivity index (χ1) is 13.6. The maximum Gasteiger partial charge on any atom is 0.272 e. The molecule has 6 nitrogen and oxygen atoms in total. The molecule has 2 aromatic heterocycles. The predicted molar refractivity (Wildman–Crippen MR) is 105 cm³/mol. The molecule has 0 saturated heterocycles. The minimum atomic E-state index is -0.334. The standard InChI is InChI=1S/C21H19FN4O2/c1-14-10-15(22)11-19-18(14)13-20(25-19)21(27)24-16-4-2-5-17(12-16)28-9-8-26-7-3-6-23-26/h2-7,10-13,25H,8-9H2,1H3,(H,24,27). The minimum absolute atomic E-state index is 0.301. The van der Waals surface area contributed by atoms with Crippen LogP contribution in [0.15, 0.2) is 60.9 Å². The molecule has 0 fully saturated rings. The third-order valence-electron chi connectivity index (χ3n) is 4.39. The molecule has 1 amide bonds. The first kappa shape index (κ1) is 17.8. The van der Waals surface area contributed by atoms with Gasteiger partial charge in [0.1, 0.15) is 23.9 Å². The first-order valence-electron chi connectivity index (χ1n) is 8.89. The molecular weight excluding hydrogens is 359 g/mol. The van der Waals surface area contributed by atoms with E-state index in [4.69, 9.17) is 4.74 Å². The van der Waals surface area contributed by atoms with E-state index in [0.717, 1.165) is 10.9 Å². The Morgan fingerprint density at radius 2 is 2.14 bits per heavy atom. The number of H-pyrrole nitrogens is 1. The molecule has 0 aliphatic rings. The van der Waals surface area contributed by atoms with Gasteiger partial charge in [-0.3, -0.25) is 9.48 Å². The Morgan fingerprint density at radius 3 is 2.96 bits per heavy atom. The number of rotatable bonds is 6. The van der Waals surface area contributed by atoms with E-state index in [1.807, 2.05) is 31.3 Å². The van der Waals surface area contributed by atoms with Gasteiger partial charge in [-0.05, 0) is 48.9 Å². The molecular formula is C21H19FN4O2. The van der Waals surface area contributed by atoms with Crippen molar-refractivity contribution in [2.45, 2.75) is 13.5 Å². The van der Waals surface area contributed by atoms with E-state index >= 15 is 0 Å². The molecule has 0 spiro atoms. The van der Waals surface area contributed by atoms with Gasteiger partial charge in [-0.25, -0.2) is 4.39 Å². The maximum absolute atomic E-state index is 13.6. The van der Waals surface area contributed by atoms with Crippen LogP contribution in [0.3, 0.4) is 0 Å². The molecule has 2 aromatic carbocycles. The van der Waals surface area contributed by atoms with Crippen LogP contribution in [-0.4, -0.2) is 27.3 Å². The Hall–Kier alpha value is -3.61. The number of hydrogen-bond donors (Lipinski definition) is 2. The predicted octanol–water partition coefficient (Wildman–Crippen LogP) is 4.14. The number of fused-ring (bicyclic) bond motifs is 1. The fourth-order valence-corrected chi connectivity index (χ4v) is 3.05. The van der Waals surface area contributed by atoms with Gasteiger partial charge in [-0.2, -0.15) is 5.10 Å². The number of nitrogens with zero attached hydrogens (tertiary/aromatic N) is 2. The summed E-state index contributed by atoms with van der Waals surface area (Å²) in [6.07, 6.45) is 3.59. The number of amides is 1. The van der Waals surface area contributed by atoms with Crippen LogP contribution < -0.4 is 10.1 Å². The van der Waals surface area contributed by atoms with E-state index in [1.54, 1.807) is 29.1 Å². The number of halogens is 1. The van der Waals surface area contributed by atoms with E-state index < -0.39 is 0 Å². The van der Waals surface area contributed by atoms with Crippen molar-refractivity contribution in [3.8, 4) is 5.75 Å². The van der Waals surface area contributed by atoms with Gasteiger partial charge in [0.15, 0.2) is 0 Å². The number of anilines is 1. The van der Waals surface area contributed by atoms with Gasteiger partial charge in [-0.15, -0.1) is 0 Å². The Bertz CT molecular complexity index is 1120. The van der Waals surface area contributed by atoms with Crippen molar-refractivity contribution in [2.24, 2.45) is 0 Å². The van der Waals surface area contributed by atoms with Gasteiger partial charge in [0, 0.05) is 35.1 Å². The van der Waals surface area contributed by atoms with Crippen molar-refractivity contribution >= 4 is 22.5 Å². The number of carbonyl (C=O) groups excluding carboxylic acids is 1. The number of ether oxygens (including phenoxy) is 1. The van der Waals surface area contributed by atoms with Crippen molar-refractivity contribution < 1.29 is 13.9 Å². The van der Waals surface area contributed by atoms with Crippen LogP contribution in [0.25, 0.3) is 10.9 Å². The molecule has 0 unspecified atom stereocenters. The summed E-state index contributed by atoms with van der Waals surface area (Å²) in [5.74, 6) is 0.0167. The average molecular weight is 378 g/mol. The summed E-state index contributed by atoms with van der Waals surface area (Å²) in [6, 6.07) is 13.6. The van der Waals surface area contributed by atoms with Crippen LogP contribution in [0.4, 0.5) is 10.1 Å². The summed E-state index contributed by atoms with van der Waals surface area (Å²) in [6.45, 7) is 2.91. The zero-order chi connectivity index (χ0) is 19.5. The zero-order valence-corrected chi connectivity index (χ0v) is 15.3. The second-order valence-electron chi connectivity index (χ2n) is 6.47. The third kappa shape index (κ3) is 3.88. The quantitative estimate of drug-likeness (QED) is 0.530. The van der Waals surface area contributed by atoms with E-state index in [2.05, 4.69) is 15.4 Å². The van der Waals surface area contributed by atoms with Crippen molar-refractivity contribution in [3.05, 3.63) is 78.0 Å². The normalized spacial score (nSPS) is 10.9. The summed E-state index contributed by atoms with van der Waals surface area (Å²) >= 11 is 0. The first-order valence-corrected chi connectivity index (χ1v) is 8.89. The number of hydrogen-bond acceptors (Lipinski definition) is 3. The molecule has 142 valence electrons. The fraction of sp³-hybridized carbons (Fsp3) is 0.143. The number of carbonyl (C=O) groups is 1. The topological polar surface area (TPSA) is 71.9 Å². The van der Waals surface area contributed by atoms with Crippen molar-refractivity contribution in [2.75, 3.05) is 11.9 Å². The number of benzene rings is 2. The zero-order valence-electron chi connectivity index (χ0n) is 15.3. The summed E-state index contributed by atoms with van der Waals surface area (Å²) in [5.41, 5.74) is 2.35. The van der Waals surface area contributed by atoms with Gasteiger partial charge in [0.25, 0.3) is 5.91 Å². The van der Waals surface area contributed by atoms with E-state index in [1.165, 1.54) is 12.1 Å². The highest BCUT2D eigenvalue weighted by Crippen LogP contribution is 2.23. The molecule has 2 N–H and O–H groups in total. The second-order valence-corrected chi connectivity index (χ2v) is 6.47. The highest BCUT2D eigenvalue weighted by atomic mass is 19.1. The van der Waals surface area contributed by atoms with Crippen LogP contribution in [0.2, 0.25) is 0 Å². The summed E-state index contributed by atoms with van der Waals surface area (Å²) in [5, 5.41) is 7.78. The highest BCUT2D eigenvalue weighted by molar-refractivity contribution is 6.06. The van der Waals surface area contributed by atoms with E-state index in [9.17, 15) is 9.18 Å². The molecule has 2 heterocycles. The smallest absolute Gasteiger partial charge is 0.272 e. The molecule has 0 radical (unpaired) electrons. The summed E-state index contributed by atoms with van der Waals surface area (Å²) in [7, 11) is 0. The van der Waals surface area contributed by atoms with E-state index in [-0.39, 0.29) is 11.7 Å². The number of aromatic nitrogens is 3. The largest absolute Gasteiger partial charge is 0.492 e. The van der Waals surface area contributed by atoms with Gasteiger partial charge in [0.2, 0.25) is 0 Å². The van der Waals surface area contributed by atoms with Crippen LogP contribution in [0, 0.1) is 12.7 Å². The van der Waals surface area contributed by atoms with Crippen molar-refractivity contribution in [3.63, 3.8) is 0 Å². The van der Waals surface area contributed by atoms with Gasteiger partial charge < -0.3 is 15.0 Å². The third-order valence-corrected chi connectivity index (χ3v) is 4.39. The molecule has 7 heteroatoms. The summed E-state index contributed by atoms with van der Waals surface area (Å²) < 4.78 is 21.1. The number of nitrogens with one attached hydrogen (secondary N) is 2. The maximum atomic E-state index is 13.6. The lowest BCUT2D eigenvalue weighted by Gasteiger charge is -2.09. The highest BCUT2D eigenvalue weighted by Gasteiger charge is 2.12. The van der Waals surface area contributed by atoms with Crippen LogP contribution in [0.5, 0.6) is 5.75 Å². The van der Waals surface area contributed by atoms with Crippen LogP contribution >= 0.6 is 0 Å². The molecule has 0 aliphatic heterocycles. The molecule has 28 heavy (non-hydrogen) atoms. The van der Waals surface area contributed by atoms with Gasteiger partial charge in [0.05, 0.1) is 6.54 Å². The lowest BCUT2D eigenvalue weighted by molar-refractivity contribution is 0.102. The molecule has 0 aliphatic carbocycles. The lowest BCUT2D eigenvalue weighted by atomic mass is 10.1. The van der Waals surface area contributed by atoms with Gasteiger partial charge >= 0.3 is 0 Å². The lowest BCUT2D eigenvalue weighted by Crippen LogP contribution is -2.12. The van der Waals surface area contributed by atoms with Gasteiger partial charge in [-0.1, -0.05) is 6.07 Å². The fourth-order valence-electron chi connectivity index (χ4n) is 3.05. The monoisotopic (exact) mass is 378 g/mol. The number of aryl methyl sites for hydroxylation is 1. The Balaban J connectivity index is 1.43. The molecule has 0 bridgehead atoms. The molecule has 0 saturated carbocycles.